The average Bonchev–Trinajstić information content (AvgIpc) is 2.17. The van der Waals surface area contributed by atoms with Crippen molar-refractivity contribution in [2.75, 3.05) is 0 Å². The van der Waals surface area contributed by atoms with Crippen molar-refractivity contribution in [3.8, 4) is 0 Å². The molecule has 0 amide bonds. The summed E-state index contributed by atoms with van der Waals surface area (Å²) in [4.78, 5) is 0. The second kappa shape index (κ2) is 4.57. The van der Waals surface area contributed by atoms with Crippen molar-refractivity contribution >= 4 is 11.6 Å². The summed E-state index contributed by atoms with van der Waals surface area (Å²) in [7, 11) is 0. The number of aryl methyl sites for hydroxylation is 1. The van der Waals surface area contributed by atoms with Crippen molar-refractivity contribution < 1.29 is 17.6 Å². The first-order valence-electron chi connectivity index (χ1n) is 4.26. The van der Waals surface area contributed by atoms with Gasteiger partial charge in [-0.15, -0.1) is 0 Å². The Bertz CT molecular complexity index is 392. The largest absolute Gasteiger partial charge is 0.342 e. The quantitative estimate of drug-likeness (QED) is 0.378. The van der Waals surface area contributed by atoms with E-state index in [1.807, 2.05) is 0 Å². The second-order valence-corrected chi connectivity index (χ2v) is 3.74. The molecule has 0 aromatic heterocycles. The number of benzene rings is 1. The highest BCUT2D eigenvalue weighted by molar-refractivity contribution is 6.22. The maximum absolute atomic E-state index is 13.4. The molecule has 0 bridgehead atoms. The first-order valence-corrected chi connectivity index (χ1v) is 4.64. The van der Waals surface area contributed by atoms with Crippen LogP contribution in [-0.4, -0.2) is 5.38 Å². The Morgan fingerprint density at radius 2 is 1.88 bits per heavy atom. The van der Waals surface area contributed by atoms with Gasteiger partial charge in [0.25, 0.3) is 0 Å². The maximum atomic E-state index is 13.4. The highest BCUT2D eigenvalue weighted by atomic mass is 35.5. The monoisotopic (exact) mass is 256 g/mol. The molecule has 0 radical (unpaired) electrons. The van der Waals surface area contributed by atoms with Gasteiger partial charge in [-0.25, -0.2) is 14.2 Å². The van der Waals surface area contributed by atoms with Crippen LogP contribution in [0.5, 0.6) is 0 Å². The summed E-state index contributed by atoms with van der Waals surface area (Å²) in [5.74, 6) is 2.26. The van der Waals surface area contributed by atoms with Gasteiger partial charge in [-0.05, 0) is 24.1 Å². The van der Waals surface area contributed by atoms with Gasteiger partial charge in [-0.2, -0.15) is 8.78 Å². The summed E-state index contributed by atoms with van der Waals surface area (Å²) < 4.78 is 52.1. The summed E-state index contributed by atoms with van der Waals surface area (Å²) in [5, 5.41) is -3.82. The van der Waals surface area contributed by atoms with Crippen molar-refractivity contribution in [2.24, 2.45) is 5.84 Å². The van der Waals surface area contributed by atoms with Gasteiger partial charge >= 0.3 is 5.38 Å². The van der Waals surface area contributed by atoms with Gasteiger partial charge in [0.2, 0.25) is 0 Å². The number of hydrogen-bond donors (Lipinski definition) is 2. The molecular weight excluding hydrogens is 248 g/mol. The van der Waals surface area contributed by atoms with Gasteiger partial charge in [-0.1, -0.05) is 12.1 Å². The molecule has 1 aromatic rings. The highest BCUT2D eigenvalue weighted by Crippen LogP contribution is 2.36. The Morgan fingerprint density at radius 1 is 1.31 bits per heavy atom. The molecule has 90 valence electrons. The third kappa shape index (κ3) is 2.45. The summed E-state index contributed by atoms with van der Waals surface area (Å²) in [6.07, 6.45) is 0. The molecule has 0 heterocycles. The minimum atomic E-state index is -3.82. The van der Waals surface area contributed by atoms with Gasteiger partial charge in [0.05, 0.1) is 0 Å². The van der Waals surface area contributed by atoms with E-state index in [0.29, 0.717) is 0 Å². The third-order valence-electron chi connectivity index (χ3n) is 2.11. The number of alkyl halides is 3. The highest BCUT2D eigenvalue weighted by Gasteiger charge is 2.39. The minimum absolute atomic E-state index is 0.00918. The molecule has 7 heteroatoms. The van der Waals surface area contributed by atoms with E-state index in [1.54, 1.807) is 5.43 Å². The van der Waals surface area contributed by atoms with Crippen LogP contribution in [0, 0.1) is 18.6 Å². The second-order valence-electron chi connectivity index (χ2n) is 3.24. The first-order chi connectivity index (χ1) is 7.29. The van der Waals surface area contributed by atoms with E-state index >= 15 is 0 Å². The Balaban J connectivity index is 3.27. The molecule has 1 unspecified atom stereocenters. The van der Waals surface area contributed by atoms with Gasteiger partial charge in [0.1, 0.15) is 6.04 Å². The molecular formula is C9H9ClF4N2. The molecule has 3 N–H and O–H groups in total. The summed E-state index contributed by atoms with van der Waals surface area (Å²) in [6, 6.07) is 0.180. The van der Waals surface area contributed by atoms with E-state index < -0.39 is 28.6 Å². The summed E-state index contributed by atoms with van der Waals surface area (Å²) >= 11 is 4.73. The Labute approximate surface area is 94.4 Å². The molecule has 0 aliphatic carbocycles. The SMILES string of the molecule is Cc1ccc(C(NN)C(F)(F)Cl)c(F)c1F. The van der Waals surface area contributed by atoms with E-state index in [1.165, 1.54) is 13.0 Å². The number of hydrogen-bond acceptors (Lipinski definition) is 2. The standard InChI is InChI=1S/C9H9ClF4N2/c1-4-2-3-5(7(12)6(4)11)8(16-15)9(10,13)14/h2-3,8,16H,15H2,1H3. The average molecular weight is 257 g/mol. The van der Waals surface area contributed by atoms with Crippen LogP contribution in [-0.2, 0) is 0 Å². The zero-order valence-electron chi connectivity index (χ0n) is 8.20. The zero-order valence-corrected chi connectivity index (χ0v) is 8.96. The molecule has 0 aliphatic heterocycles. The Morgan fingerprint density at radius 3 is 2.31 bits per heavy atom. The fourth-order valence-electron chi connectivity index (χ4n) is 1.24. The molecule has 2 nitrogen and oxygen atoms in total. The molecule has 0 spiro atoms. The van der Waals surface area contributed by atoms with E-state index in [4.69, 9.17) is 17.4 Å². The van der Waals surface area contributed by atoms with Crippen LogP contribution >= 0.6 is 11.6 Å². The van der Waals surface area contributed by atoms with Crippen LogP contribution in [0.2, 0.25) is 0 Å². The van der Waals surface area contributed by atoms with Crippen molar-refractivity contribution in [3.63, 3.8) is 0 Å². The maximum Gasteiger partial charge on any atom is 0.342 e. The van der Waals surface area contributed by atoms with Crippen molar-refractivity contribution in [2.45, 2.75) is 18.3 Å². The number of rotatable bonds is 3. The summed E-state index contributed by atoms with van der Waals surface area (Å²) in [5.41, 5.74) is 1.05. The van der Waals surface area contributed by atoms with Gasteiger partial charge in [0.15, 0.2) is 11.6 Å². The molecule has 1 rings (SSSR count). The van der Waals surface area contributed by atoms with Crippen LogP contribution in [0.3, 0.4) is 0 Å². The van der Waals surface area contributed by atoms with Gasteiger partial charge in [0, 0.05) is 5.56 Å². The summed E-state index contributed by atoms with van der Waals surface area (Å²) in [6.45, 7) is 1.31. The van der Waals surface area contributed by atoms with E-state index in [0.717, 1.165) is 6.07 Å². The zero-order chi connectivity index (χ0) is 12.5. The Kier molecular flexibility index (Phi) is 3.77. The third-order valence-corrected chi connectivity index (χ3v) is 2.33. The van der Waals surface area contributed by atoms with E-state index in [2.05, 4.69) is 0 Å². The number of nitrogens with one attached hydrogen (secondary N) is 1. The lowest BCUT2D eigenvalue weighted by molar-refractivity contribution is 0.0480. The number of hydrazine groups is 1. The molecule has 1 atom stereocenters. The molecule has 0 saturated carbocycles. The topological polar surface area (TPSA) is 38.0 Å². The molecule has 0 fully saturated rings. The first kappa shape index (κ1) is 13.2. The Hall–Kier alpha value is -0.850. The number of halogens is 5. The van der Waals surface area contributed by atoms with Crippen molar-refractivity contribution in [3.05, 3.63) is 34.9 Å². The lowest BCUT2D eigenvalue weighted by Crippen LogP contribution is -2.38. The smallest absolute Gasteiger partial charge is 0.271 e. The fraction of sp³-hybridized carbons (Fsp3) is 0.333. The van der Waals surface area contributed by atoms with Crippen LogP contribution in [0.25, 0.3) is 0 Å². The van der Waals surface area contributed by atoms with Crippen molar-refractivity contribution in [1.29, 1.82) is 0 Å². The number of nitrogens with two attached hydrogens (primary N) is 1. The lowest BCUT2D eigenvalue weighted by atomic mass is 10.0. The van der Waals surface area contributed by atoms with Crippen molar-refractivity contribution in [1.82, 2.24) is 5.43 Å². The van der Waals surface area contributed by atoms with E-state index in [9.17, 15) is 17.6 Å². The normalized spacial score (nSPS) is 13.9. The van der Waals surface area contributed by atoms with Gasteiger partial charge in [-0.3, -0.25) is 5.84 Å². The molecule has 0 saturated heterocycles. The van der Waals surface area contributed by atoms with Crippen LogP contribution in [0.15, 0.2) is 12.1 Å². The van der Waals surface area contributed by atoms with Gasteiger partial charge < -0.3 is 0 Å². The minimum Gasteiger partial charge on any atom is -0.271 e. The molecule has 0 aliphatic rings. The molecule has 16 heavy (non-hydrogen) atoms. The van der Waals surface area contributed by atoms with Crippen LogP contribution in [0.4, 0.5) is 17.6 Å². The van der Waals surface area contributed by atoms with E-state index in [-0.39, 0.29) is 5.56 Å². The predicted octanol–water partition coefficient (Wildman–Crippen LogP) is 2.61. The predicted molar refractivity (Wildman–Crippen MR) is 52.0 cm³/mol. The van der Waals surface area contributed by atoms with Crippen LogP contribution in [0.1, 0.15) is 17.2 Å². The molecule has 1 aromatic carbocycles. The fourth-order valence-corrected chi connectivity index (χ4v) is 1.43. The van der Waals surface area contributed by atoms with Crippen LogP contribution < -0.4 is 11.3 Å². The lowest BCUT2D eigenvalue weighted by Gasteiger charge is -2.21.